The topological polar surface area (TPSA) is 116 Å². The van der Waals surface area contributed by atoms with E-state index in [0.717, 1.165) is 6.26 Å². The quantitative estimate of drug-likeness (QED) is 0.268. The van der Waals surface area contributed by atoms with Gasteiger partial charge in [-0.3, -0.25) is 9.59 Å². The molecule has 2 fully saturated rings. The summed E-state index contributed by atoms with van der Waals surface area (Å²) in [7, 11) is -3.80. The Morgan fingerprint density at radius 1 is 1.46 bits per heavy atom. The number of hydrogen-bond donors (Lipinski definition) is 0. The molecule has 0 bridgehead atoms. The van der Waals surface area contributed by atoms with E-state index in [1.165, 1.54) is 30.5 Å². The summed E-state index contributed by atoms with van der Waals surface area (Å²) in [5.41, 5.74) is 0. The minimum absolute atomic E-state index is 0.0750. The Kier molecular flexibility index (Phi) is 5.17. The molecule has 1 unspecified atom stereocenters. The Bertz CT molecular complexity index is 663. The molecule has 0 radical (unpaired) electrons. The number of hydrogen-bond acceptors (Lipinski definition) is 9. The van der Waals surface area contributed by atoms with Gasteiger partial charge in [-0.05, 0) is 13.8 Å². The van der Waals surface area contributed by atoms with E-state index in [1.807, 2.05) is 0 Å². The van der Waals surface area contributed by atoms with Gasteiger partial charge >= 0.3 is 11.9 Å². The first-order valence-corrected chi connectivity index (χ1v) is 9.83. The Morgan fingerprint density at radius 2 is 2.08 bits per heavy atom. The molecule has 9 nitrogen and oxygen atoms in total. The zero-order chi connectivity index (χ0) is 18.3. The minimum atomic E-state index is -3.80. The second kappa shape index (κ2) is 6.52. The number of β-lactam (4-membered cyclic amide) rings is 1. The van der Waals surface area contributed by atoms with Crippen LogP contribution in [0.3, 0.4) is 0 Å². The van der Waals surface area contributed by atoms with Crippen molar-refractivity contribution < 1.29 is 36.5 Å². The van der Waals surface area contributed by atoms with Crippen LogP contribution in [0, 0.1) is 0 Å². The van der Waals surface area contributed by atoms with Crippen LogP contribution in [0.15, 0.2) is 0 Å². The lowest BCUT2D eigenvalue weighted by atomic mass is 9.97. The largest absolute Gasteiger partial charge is 0.464 e. The molecule has 4 atom stereocenters. The first kappa shape index (κ1) is 19.0. The molecule has 0 saturated carbocycles. The number of amides is 1. The maximum Gasteiger partial charge on any atom is 0.332 e. The zero-order valence-corrected chi connectivity index (χ0v) is 15.3. The van der Waals surface area contributed by atoms with Crippen molar-refractivity contribution in [3.63, 3.8) is 0 Å². The molecular formula is C13H19NO8S2. The number of nitrogens with zero attached hydrogens (tertiary/aromatic N) is 1. The average Bonchev–Trinajstić information content (AvgIpc) is 2.63. The van der Waals surface area contributed by atoms with Crippen molar-refractivity contribution in [1.82, 2.24) is 4.90 Å². The summed E-state index contributed by atoms with van der Waals surface area (Å²) in [6, 6.07) is -0.987. The van der Waals surface area contributed by atoms with Gasteiger partial charge < -0.3 is 14.4 Å². The third-order valence-corrected chi connectivity index (χ3v) is 5.75. The fraction of sp³-hybridized carbons (Fsp3) is 0.769. The molecular weight excluding hydrogens is 362 g/mol. The van der Waals surface area contributed by atoms with Crippen molar-refractivity contribution in [2.45, 2.75) is 49.6 Å². The molecule has 0 aromatic carbocycles. The van der Waals surface area contributed by atoms with E-state index in [2.05, 4.69) is 4.18 Å². The second-order valence-corrected chi connectivity index (χ2v) is 9.19. The Morgan fingerprint density at radius 3 is 2.58 bits per heavy atom. The summed E-state index contributed by atoms with van der Waals surface area (Å²) in [5, 5.41) is -0.193. The number of esters is 2. The molecule has 2 saturated heterocycles. The van der Waals surface area contributed by atoms with E-state index >= 15 is 0 Å². The maximum atomic E-state index is 12.5. The summed E-state index contributed by atoms with van der Waals surface area (Å²) in [6.45, 7) is 4.13. The van der Waals surface area contributed by atoms with Crippen LogP contribution in [0.1, 0.15) is 27.2 Å². The van der Waals surface area contributed by atoms with Gasteiger partial charge in [0.25, 0.3) is 10.1 Å². The van der Waals surface area contributed by atoms with Gasteiger partial charge in [0.1, 0.15) is 12.6 Å². The molecule has 2 aliphatic rings. The third-order valence-electron chi connectivity index (χ3n) is 3.59. The summed E-state index contributed by atoms with van der Waals surface area (Å²) >= 11 is 1.35. The molecule has 0 aromatic heterocycles. The SMILES string of the molecule is CC(=O)OC[C@]1(C)S[C@@H]2CC(=O)N2[C@H]1C(=O)OC(C)OS(C)(=O)=O. The van der Waals surface area contributed by atoms with Crippen LogP contribution in [0.5, 0.6) is 0 Å². The van der Waals surface area contributed by atoms with Crippen LogP contribution in [0.4, 0.5) is 0 Å². The molecule has 2 aliphatic heterocycles. The highest BCUT2D eigenvalue weighted by atomic mass is 32.2. The lowest BCUT2D eigenvalue weighted by Gasteiger charge is -2.37. The van der Waals surface area contributed by atoms with Crippen LogP contribution in [0.2, 0.25) is 0 Å². The molecule has 0 aromatic rings. The zero-order valence-electron chi connectivity index (χ0n) is 13.7. The van der Waals surface area contributed by atoms with Crippen LogP contribution in [-0.2, 0) is 38.2 Å². The molecule has 136 valence electrons. The third kappa shape index (κ3) is 4.01. The number of thioether (sulfide) groups is 1. The first-order valence-electron chi connectivity index (χ1n) is 7.14. The molecule has 0 aliphatic carbocycles. The molecule has 2 heterocycles. The number of carbonyl (C=O) groups is 3. The molecule has 1 amide bonds. The fourth-order valence-electron chi connectivity index (χ4n) is 2.69. The Labute approximate surface area is 144 Å². The highest BCUT2D eigenvalue weighted by Gasteiger charge is 2.61. The van der Waals surface area contributed by atoms with E-state index in [9.17, 15) is 22.8 Å². The van der Waals surface area contributed by atoms with E-state index in [-0.39, 0.29) is 17.9 Å². The van der Waals surface area contributed by atoms with Gasteiger partial charge in [-0.1, -0.05) is 0 Å². The number of ether oxygens (including phenoxy) is 2. The van der Waals surface area contributed by atoms with Gasteiger partial charge in [0.2, 0.25) is 12.2 Å². The first-order chi connectivity index (χ1) is 10.9. The molecule has 0 N–H and O–H groups in total. The Hall–Kier alpha value is -1.33. The number of fused-ring (bicyclic) bond motifs is 1. The predicted molar refractivity (Wildman–Crippen MR) is 83.2 cm³/mol. The van der Waals surface area contributed by atoms with Crippen molar-refractivity contribution >= 4 is 39.7 Å². The van der Waals surface area contributed by atoms with Crippen molar-refractivity contribution in [3.8, 4) is 0 Å². The monoisotopic (exact) mass is 381 g/mol. The van der Waals surface area contributed by atoms with Crippen molar-refractivity contribution in [1.29, 1.82) is 0 Å². The predicted octanol–water partition coefficient (Wildman–Crippen LogP) is -0.153. The van der Waals surface area contributed by atoms with Gasteiger partial charge in [0.15, 0.2) is 0 Å². The smallest absolute Gasteiger partial charge is 0.332 e. The van der Waals surface area contributed by atoms with Crippen LogP contribution < -0.4 is 0 Å². The fourth-order valence-corrected chi connectivity index (χ4v) is 4.89. The van der Waals surface area contributed by atoms with E-state index in [1.54, 1.807) is 6.92 Å². The maximum absolute atomic E-state index is 12.5. The molecule has 24 heavy (non-hydrogen) atoms. The summed E-state index contributed by atoms with van der Waals surface area (Å²) < 4.78 is 35.9. The van der Waals surface area contributed by atoms with Gasteiger partial charge in [-0.2, -0.15) is 8.42 Å². The average molecular weight is 381 g/mol. The van der Waals surface area contributed by atoms with E-state index < -0.39 is 39.1 Å². The highest BCUT2D eigenvalue weighted by molar-refractivity contribution is 8.01. The van der Waals surface area contributed by atoms with Gasteiger partial charge in [0, 0.05) is 6.92 Å². The van der Waals surface area contributed by atoms with E-state index in [4.69, 9.17) is 9.47 Å². The normalized spacial score (nSPS) is 30.3. The summed E-state index contributed by atoms with van der Waals surface area (Å²) in [5.74, 6) is -1.51. The van der Waals surface area contributed by atoms with Crippen molar-refractivity contribution in [3.05, 3.63) is 0 Å². The number of rotatable bonds is 6. The van der Waals surface area contributed by atoms with Crippen LogP contribution >= 0.6 is 11.8 Å². The highest BCUT2D eigenvalue weighted by Crippen LogP contribution is 2.51. The lowest BCUT2D eigenvalue weighted by Crippen LogP contribution is -2.59. The molecule has 2 rings (SSSR count). The van der Waals surface area contributed by atoms with Gasteiger partial charge in [-0.15, -0.1) is 11.8 Å². The van der Waals surface area contributed by atoms with Crippen LogP contribution in [0.25, 0.3) is 0 Å². The standard InChI is InChI=1S/C13H19NO8S2/c1-7(15)20-6-13(3)11(14-9(16)5-10(14)23-13)12(17)21-8(2)22-24(4,18)19/h8,10-11H,5-6H2,1-4H3/t8?,10-,11+,13+/m1/s1. The van der Waals surface area contributed by atoms with Gasteiger partial charge in [-0.25, -0.2) is 8.98 Å². The second-order valence-electron chi connectivity index (χ2n) is 5.88. The summed E-state index contributed by atoms with van der Waals surface area (Å²) in [4.78, 5) is 36.8. The minimum Gasteiger partial charge on any atom is -0.464 e. The van der Waals surface area contributed by atoms with E-state index in [0.29, 0.717) is 6.42 Å². The summed E-state index contributed by atoms with van der Waals surface area (Å²) in [6.07, 6.45) is -0.201. The van der Waals surface area contributed by atoms with Crippen molar-refractivity contribution in [2.24, 2.45) is 0 Å². The lowest BCUT2D eigenvalue weighted by molar-refractivity contribution is -0.175. The Balaban J connectivity index is 2.14. The molecule has 0 spiro atoms. The molecule has 11 heteroatoms. The number of carbonyl (C=O) groups excluding carboxylic acids is 3. The van der Waals surface area contributed by atoms with Crippen molar-refractivity contribution in [2.75, 3.05) is 12.9 Å². The van der Waals surface area contributed by atoms with Gasteiger partial charge in [0.05, 0.1) is 22.8 Å². The van der Waals surface area contributed by atoms with Crippen LogP contribution in [-0.4, -0.2) is 66.5 Å².